The number of hydrogen-bond donors (Lipinski definition) is 1. The Labute approximate surface area is 130 Å². The highest BCUT2D eigenvalue weighted by molar-refractivity contribution is 5.96. The molecule has 6 nitrogen and oxygen atoms in total. The molecule has 1 aromatic rings. The zero-order valence-electron chi connectivity index (χ0n) is 13.4. The molecule has 1 N–H and O–H groups in total. The summed E-state index contributed by atoms with van der Waals surface area (Å²) in [4.78, 5) is 36.5. The molecule has 0 unspecified atom stereocenters. The summed E-state index contributed by atoms with van der Waals surface area (Å²) in [6.45, 7) is 5.90. The molecule has 0 atom stereocenters. The average Bonchev–Trinajstić information content (AvgIpc) is 2.45. The molecule has 0 saturated heterocycles. The zero-order valence-corrected chi connectivity index (χ0v) is 13.4. The molecule has 0 heterocycles. The molecule has 2 amide bonds. The number of nitrogens with one attached hydrogen (secondary N) is 1. The minimum atomic E-state index is -0.471. The molecule has 1 rings (SSSR count). The van der Waals surface area contributed by atoms with E-state index in [9.17, 15) is 14.4 Å². The van der Waals surface area contributed by atoms with Gasteiger partial charge < -0.3 is 15.0 Å². The van der Waals surface area contributed by atoms with Gasteiger partial charge in [0.15, 0.2) is 0 Å². The van der Waals surface area contributed by atoms with Gasteiger partial charge in [0, 0.05) is 19.2 Å². The van der Waals surface area contributed by atoms with Crippen LogP contribution < -0.4 is 5.32 Å². The van der Waals surface area contributed by atoms with E-state index >= 15 is 0 Å². The van der Waals surface area contributed by atoms with E-state index in [1.54, 1.807) is 18.2 Å². The van der Waals surface area contributed by atoms with E-state index in [2.05, 4.69) is 10.1 Å². The molecule has 0 bridgehead atoms. The van der Waals surface area contributed by atoms with E-state index in [1.807, 2.05) is 13.8 Å². The van der Waals surface area contributed by atoms with Gasteiger partial charge in [-0.15, -0.1) is 0 Å². The van der Waals surface area contributed by atoms with Gasteiger partial charge in [0.2, 0.25) is 11.8 Å². The maximum atomic E-state index is 12.0. The van der Waals surface area contributed by atoms with Gasteiger partial charge in [-0.2, -0.15) is 0 Å². The Balaban J connectivity index is 2.71. The number of nitrogens with zero attached hydrogens (tertiary/aromatic N) is 1. The number of carbonyl (C=O) groups excluding carboxylic acids is 3. The van der Waals surface area contributed by atoms with Crippen molar-refractivity contribution in [2.24, 2.45) is 5.92 Å². The molecule has 22 heavy (non-hydrogen) atoms. The SMILES string of the molecule is COC(=O)c1cccc(NC(=O)CN(CC(C)C)C(C)=O)c1. The summed E-state index contributed by atoms with van der Waals surface area (Å²) in [6, 6.07) is 6.45. The maximum Gasteiger partial charge on any atom is 0.337 e. The largest absolute Gasteiger partial charge is 0.465 e. The molecular weight excluding hydrogens is 284 g/mol. The Hall–Kier alpha value is -2.37. The van der Waals surface area contributed by atoms with Crippen LogP contribution in [0.15, 0.2) is 24.3 Å². The van der Waals surface area contributed by atoms with Crippen molar-refractivity contribution >= 4 is 23.5 Å². The van der Waals surface area contributed by atoms with Crippen LogP contribution in [-0.4, -0.2) is 42.9 Å². The van der Waals surface area contributed by atoms with Crippen molar-refractivity contribution in [1.82, 2.24) is 4.90 Å². The van der Waals surface area contributed by atoms with Crippen molar-refractivity contribution in [3.63, 3.8) is 0 Å². The first-order valence-corrected chi connectivity index (χ1v) is 7.07. The Kier molecular flexibility index (Phi) is 6.56. The highest BCUT2D eigenvalue weighted by Gasteiger charge is 2.15. The Bertz CT molecular complexity index is 555. The van der Waals surface area contributed by atoms with Crippen molar-refractivity contribution in [1.29, 1.82) is 0 Å². The number of hydrogen-bond acceptors (Lipinski definition) is 4. The maximum absolute atomic E-state index is 12.0. The summed E-state index contributed by atoms with van der Waals surface area (Å²) in [5.74, 6) is -0.648. The third-order valence-electron chi connectivity index (χ3n) is 2.93. The molecule has 6 heteroatoms. The van der Waals surface area contributed by atoms with E-state index in [1.165, 1.54) is 25.0 Å². The molecule has 0 saturated carbocycles. The van der Waals surface area contributed by atoms with Gasteiger partial charge in [0.25, 0.3) is 0 Å². The summed E-state index contributed by atoms with van der Waals surface area (Å²) in [6.07, 6.45) is 0. The lowest BCUT2D eigenvalue weighted by molar-refractivity contribution is -0.133. The van der Waals surface area contributed by atoms with Crippen LogP contribution in [0.5, 0.6) is 0 Å². The van der Waals surface area contributed by atoms with Crippen LogP contribution in [0.25, 0.3) is 0 Å². The second-order valence-corrected chi connectivity index (χ2v) is 5.41. The summed E-state index contributed by atoms with van der Waals surface area (Å²) < 4.78 is 4.63. The van der Waals surface area contributed by atoms with E-state index in [0.29, 0.717) is 17.8 Å². The average molecular weight is 306 g/mol. The third kappa shape index (κ3) is 5.55. The normalized spacial score (nSPS) is 10.2. The predicted octanol–water partition coefficient (Wildman–Crippen LogP) is 1.92. The minimum Gasteiger partial charge on any atom is -0.465 e. The molecule has 0 radical (unpaired) electrons. The Morgan fingerprint density at radius 3 is 2.50 bits per heavy atom. The zero-order chi connectivity index (χ0) is 16.7. The summed E-state index contributed by atoms with van der Waals surface area (Å²) >= 11 is 0. The summed E-state index contributed by atoms with van der Waals surface area (Å²) in [5.41, 5.74) is 0.840. The van der Waals surface area contributed by atoms with E-state index in [0.717, 1.165) is 0 Å². The molecule has 0 aliphatic carbocycles. The highest BCUT2D eigenvalue weighted by atomic mass is 16.5. The smallest absolute Gasteiger partial charge is 0.337 e. The quantitative estimate of drug-likeness (QED) is 0.815. The van der Waals surface area contributed by atoms with Crippen molar-refractivity contribution in [3.8, 4) is 0 Å². The number of methoxy groups -OCH3 is 1. The van der Waals surface area contributed by atoms with E-state index < -0.39 is 5.97 Å². The predicted molar refractivity (Wildman–Crippen MR) is 83.5 cm³/mol. The van der Waals surface area contributed by atoms with Gasteiger partial charge in [0.1, 0.15) is 0 Å². The first-order valence-electron chi connectivity index (χ1n) is 7.07. The molecular formula is C16H22N2O4. The van der Waals surface area contributed by atoms with E-state index in [-0.39, 0.29) is 24.3 Å². The van der Waals surface area contributed by atoms with Crippen LogP contribution in [0.2, 0.25) is 0 Å². The van der Waals surface area contributed by atoms with Crippen molar-refractivity contribution in [2.45, 2.75) is 20.8 Å². The third-order valence-corrected chi connectivity index (χ3v) is 2.93. The van der Waals surface area contributed by atoms with Crippen LogP contribution in [0.3, 0.4) is 0 Å². The monoisotopic (exact) mass is 306 g/mol. The number of carbonyl (C=O) groups is 3. The van der Waals surface area contributed by atoms with E-state index in [4.69, 9.17) is 0 Å². The highest BCUT2D eigenvalue weighted by Crippen LogP contribution is 2.12. The molecule has 0 aliphatic rings. The van der Waals surface area contributed by atoms with Crippen molar-refractivity contribution in [3.05, 3.63) is 29.8 Å². The Morgan fingerprint density at radius 2 is 1.95 bits per heavy atom. The van der Waals surface area contributed by atoms with Crippen LogP contribution in [0.1, 0.15) is 31.1 Å². The number of benzene rings is 1. The molecule has 0 fully saturated rings. The van der Waals surface area contributed by atoms with Crippen LogP contribution in [-0.2, 0) is 14.3 Å². The van der Waals surface area contributed by atoms with Gasteiger partial charge >= 0.3 is 5.97 Å². The standard InChI is InChI=1S/C16H22N2O4/c1-11(2)9-18(12(3)19)10-15(20)17-14-7-5-6-13(8-14)16(21)22-4/h5-8,11H,9-10H2,1-4H3,(H,17,20). The molecule has 0 aromatic heterocycles. The fraction of sp³-hybridized carbons (Fsp3) is 0.438. The molecule has 0 aliphatic heterocycles. The van der Waals surface area contributed by atoms with Gasteiger partial charge in [-0.1, -0.05) is 19.9 Å². The van der Waals surface area contributed by atoms with Gasteiger partial charge in [0.05, 0.1) is 19.2 Å². The first kappa shape index (κ1) is 17.7. The Morgan fingerprint density at radius 1 is 1.27 bits per heavy atom. The number of esters is 1. The number of ether oxygens (including phenoxy) is 1. The van der Waals surface area contributed by atoms with Gasteiger partial charge in [-0.05, 0) is 24.1 Å². The molecule has 1 aromatic carbocycles. The molecule has 0 spiro atoms. The lowest BCUT2D eigenvalue weighted by Crippen LogP contribution is -2.38. The van der Waals surface area contributed by atoms with Crippen molar-refractivity contribution in [2.75, 3.05) is 25.5 Å². The first-order chi connectivity index (χ1) is 10.3. The number of amides is 2. The lowest BCUT2D eigenvalue weighted by Gasteiger charge is -2.22. The number of rotatable bonds is 6. The minimum absolute atomic E-state index is 0.0179. The van der Waals surface area contributed by atoms with Gasteiger partial charge in [-0.3, -0.25) is 9.59 Å². The van der Waals surface area contributed by atoms with Crippen LogP contribution in [0, 0.1) is 5.92 Å². The second-order valence-electron chi connectivity index (χ2n) is 5.41. The van der Waals surface area contributed by atoms with Crippen LogP contribution in [0.4, 0.5) is 5.69 Å². The lowest BCUT2D eigenvalue weighted by atomic mass is 10.2. The topological polar surface area (TPSA) is 75.7 Å². The van der Waals surface area contributed by atoms with Crippen molar-refractivity contribution < 1.29 is 19.1 Å². The van der Waals surface area contributed by atoms with Crippen LogP contribution >= 0.6 is 0 Å². The fourth-order valence-corrected chi connectivity index (χ4v) is 1.96. The molecule has 120 valence electrons. The summed E-state index contributed by atoms with van der Waals surface area (Å²) in [5, 5.41) is 2.68. The van der Waals surface area contributed by atoms with Gasteiger partial charge in [-0.25, -0.2) is 4.79 Å². The summed E-state index contributed by atoms with van der Waals surface area (Å²) in [7, 11) is 1.30. The number of anilines is 1. The fourth-order valence-electron chi connectivity index (χ4n) is 1.96. The second kappa shape index (κ2) is 8.17.